The maximum atomic E-state index is 13.5. The molecular weight excluding hydrogens is 517 g/mol. The Morgan fingerprint density at radius 2 is 1.62 bits per heavy atom. The van der Waals surface area contributed by atoms with Crippen LogP contribution in [0.3, 0.4) is 0 Å². The summed E-state index contributed by atoms with van der Waals surface area (Å²) in [5, 5.41) is 11.7. The minimum atomic E-state index is -0.971. The largest absolute Gasteiger partial charge is 0.507 e. The van der Waals surface area contributed by atoms with Crippen molar-refractivity contribution in [2.45, 2.75) is 19.9 Å². The van der Waals surface area contributed by atoms with E-state index in [1.54, 1.807) is 30.3 Å². The van der Waals surface area contributed by atoms with Crippen LogP contribution < -0.4 is 19.1 Å². The first kappa shape index (κ1) is 26.4. The molecule has 3 aromatic rings. The highest BCUT2D eigenvalue weighted by Crippen LogP contribution is 2.48. The molecule has 192 valence electrons. The van der Waals surface area contributed by atoms with Crippen molar-refractivity contribution in [1.29, 1.82) is 0 Å². The number of nitrogens with zero attached hydrogens (tertiary/aromatic N) is 1. The molecule has 1 atom stereocenters. The fraction of sp³-hybridized carbons (Fsp3) is 0.214. The standard InChI is InChI=1S/C28H25Cl2NO6/c1-14-9-10-20(15(2)11-14)31-23(16-7-6-8-17(12-16)35-3)21(25(33)28(31)34)24(32)18-13-19(29)27(37-5)22(30)26(18)36-4/h6-13,23,32H,1-5H3/b24-21+. The number of hydrogen-bond donors (Lipinski definition) is 1. The minimum Gasteiger partial charge on any atom is -0.507 e. The lowest BCUT2D eigenvalue weighted by Crippen LogP contribution is -2.30. The van der Waals surface area contributed by atoms with Crippen molar-refractivity contribution in [1.82, 2.24) is 0 Å². The topological polar surface area (TPSA) is 85.3 Å². The molecule has 4 rings (SSSR count). The van der Waals surface area contributed by atoms with E-state index in [4.69, 9.17) is 37.4 Å². The van der Waals surface area contributed by atoms with Gasteiger partial charge in [-0.15, -0.1) is 0 Å². The zero-order valence-electron chi connectivity index (χ0n) is 20.9. The summed E-state index contributed by atoms with van der Waals surface area (Å²) in [5.74, 6) is -1.42. The summed E-state index contributed by atoms with van der Waals surface area (Å²) in [6.07, 6.45) is 0. The van der Waals surface area contributed by atoms with E-state index in [0.717, 1.165) is 11.1 Å². The molecule has 9 heteroatoms. The molecule has 0 radical (unpaired) electrons. The van der Waals surface area contributed by atoms with Gasteiger partial charge in [-0.3, -0.25) is 14.5 Å². The fourth-order valence-corrected chi connectivity index (χ4v) is 5.26. The number of rotatable bonds is 6. The molecule has 1 unspecified atom stereocenters. The van der Waals surface area contributed by atoms with Gasteiger partial charge in [-0.25, -0.2) is 0 Å². The second-order valence-electron chi connectivity index (χ2n) is 8.52. The van der Waals surface area contributed by atoms with Gasteiger partial charge in [0.15, 0.2) is 11.5 Å². The Morgan fingerprint density at radius 3 is 2.24 bits per heavy atom. The van der Waals surface area contributed by atoms with Crippen LogP contribution in [0.5, 0.6) is 17.2 Å². The van der Waals surface area contributed by atoms with Crippen LogP contribution in [0, 0.1) is 13.8 Å². The number of aliphatic hydroxyl groups is 1. The number of Topliss-reactive ketones (excluding diaryl/α,β-unsaturated/α-hetero) is 1. The number of aliphatic hydroxyl groups excluding tert-OH is 1. The zero-order chi connectivity index (χ0) is 27.0. The van der Waals surface area contributed by atoms with E-state index in [9.17, 15) is 14.7 Å². The Bertz CT molecular complexity index is 1450. The highest BCUT2D eigenvalue weighted by molar-refractivity contribution is 6.52. The molecule has 0 spiro atoms. The number of methoxy groups -OCH3 is 3. The molecule has 1 N–H and O–H groups in total. The number of benzene rings is 3. The summed E-state index contributed by atoms with van der Waals surface area (Å²) in [5.41, 5.74) is 2.80. The van der Waals surface area contributed by atoms with E-state index >= 15 is 0 Å². The molecule has 0 saturated carbocycles. The lowest BCUT2D eigenvalue weighted by molar-refractivity contribution is -0.132. The maximum absolute atomic E-state index is 13.5. The first-order valence-electron chi connectivity index (χ1n) is 11.3. The summed E-state index contributed by atoms with van der Waals surface area (Å²) in [6, 6.07) is 12.9. The third-order valence-electron chi connectivity index (χ3n) is 6.26. The number of aryl methyl sites for hydroxylation is 2. The van der Waals surface area contributed by atoms with Crippen LogP contribution in [-0.2, 0) is 9.59 Å². The predicted molar refractivity (Wildman–Crippen MR) is 143 cm³/mol. The molecule has 1 heterocycles. The first-order valence-corrected chi connectivity index (χ1v) is 12.0. The van der Waals surface area contributed by atoms with Crippen molar-refractivity contribution in [3.05, 3.63) is 86.4 Å². The van der Waals surface area contributed by atoms with Gasteiger partial charge >= 0.3 is 0 Å². The summed E-state index contributed by atoms with van der Waals surface area (Å²) < 4.78 is 16.1. The van der Waals surface area contributed by atoms with Crippen LogP contribution in [0.1, 0.15) is 28.3 Å². The second kappa shape index (κ2) is 10.4. The molecular formula is C28H25Cl2NO6. The van der Waals surface area contributed by atoms with Crippen LogP contribution in [-0.4, -0.2) is 38.1 Å². The molecule has 7 nitrogen and oxygen atoms in total. The van der Waals surface area contributed by atoms with Gasteiger partial charge in [0.2, 0.25) is 0 Å². The van der Waals surface area contributed by atoms with Crippen molar-refractivity contribution in [3.63, 3.8) is 0 Å². The van der Waals surface area contributed by atoms with Gasteiger partial charge in [-0.2, -0.15) is 0 Å². The molecule has 1 aliphatic heterocycles. The first-order chi connectivity index (χ1) is 17.6. The van der Waals surface area contributed by atoms with Gasteiger partial charge in [0.25, 0.3) is 11.7 Å². The average Bonchev–Trinajstić information content (AvgIpc) is 3.14. The quantitative estimate of drug-likeness (QED) is 0.225. The molecule has 37 heavy (non-hydrogen) atoms. The number of amides is 1. The van der Waals surface area contributed by atoms with E-state index in [1.807, 2.05) is 26.0 Å². The summed E-state index contributed by atoms with van der Waals surface area (Å²) in [4.78, 5) is 28.4. The predicted octanol–water partition coefficient (Wildman–Crippen LogP) is 6.26. The van der Waals surface area contributed by atoms with Crippen LogP contribution in [0.15, 0.2) is 54.1 Å². The number of hydrogen-bond acceptors (Lipinski definition) is 6. The maximum Gasteiger partial charge on any atom is 0.300 e. The van der Waals surface area contributed by atoms with Crippen LogP contribution in [0.25, 0.3) is 5.76 Å². The molecule has 3 aromatic carbocycles. The number of halogens is 2. The third kappa shape index (κ3) is 4.49. The summed E-state index contributed by atoms with van der Waals surface area (Å²) >= 11 is 12.8. The Balaban J connectivity index is 2.05. The van der Waals surface area contributed by atoms with Gasteiger partial charge in [0, 0.05) is 5.69 Å². The van der Waals surface area contributed by atoms with Crippen molar-refractivity contribution in [3.8, 4) is 17.2 Å². The molecule has 0 bridgehead atoms. The van der Waals surface area contributed by atoms with E-state index in [1.165, 1.54) is 32.3 Å². The normalized spacial score (nSPS) is 16.7. The summed E-state index contributed by atoms with van der Waals surface area (Å²) in [7, 11) is 4.27. The van der Waals surface area contributed by atoms with Crippen LogP contribution in [0.2, 0.25) is 10.0 Å². The van der Waals surface area contributed by atoms with Gasteiger partial charge in [0.05, 0.1) is 43.5 Å². The molecule has 1 saturated heterocycles. The average molecular weight is 542 g/mol. The number of carbonyl (C=O) groups is 2. The lowest BCUT2D eigenvalue weighted by Gasteiger charge is -2.27. The number of ketones is 1. The highest BCUT2D eigenvalue weighted by Gasteiger charge is 2.48. The molecule has 0 aliphatic carbocycles. The number of anilines is 1. The van der Waals surface area contributed by atoms with E-state index in [0.29, 0.717) is 17.0 Å². The number of ether oxygens (including phenoxy) is 3. The van der Waals surface area contributed by atoms with Crippen LogP contribution >= 0.6 is 23.2 Å². The van der Waals surface area contributed by atoms with Gasteiger partial charge in [-0.05, 0) is 49.2 Å². The van der Waals surface area contributed by atoms with Gasteiger partial charge < -0.3 is 19.3 Å². The minimum absolute atomic E-state index is 0.0144. The van der Waals surface area contributed by atoms with Crippen molar-refractivity contribution < 1.29 is 28.9 Å². The number of carbonyl (C=O) groups excluding carboxylic acids is 2. The molecule has 1 fully saturated rings. The second-order valence-corrected chi connectivity index (χ2v) is 9.31. The van der Waals surface area contributed by atoms with Gasteiger partial charge in [-0.1, -0.05) is 53.0 Å². The molecule has 0 aromatic heterocycles. The Morgan fingerprint density at radius 1 is 0.919 bits per heavy atom. The lowest BCUT2D eigenvalue weighted by atomic mass is 9.94. The van der Waals surface area contributed by atoms with E-state index in [-0.39, 0.29) is 32.7 Å². The van der Waals surface area contributed by atoms with E-state index in [2.05, 4.69) is 0 Å². The van der Waals surface area contributed by atoms with E-state index < -0.39 is 23.5 Å². The van der Waals surface area contributed by atoms with Crippen molar-refractivity contribution in [2.75, 3.05) is 26.2 Å². The van der Waals surface area contributed by atoms with Gasteiger partial charge in [0.1, 0.15) is 16.5 Å². The van der Waals surface area contributed by atoms with Crippen molar-refractivity contribution >= 4 is 46.3 Å². The van der Waals surface area contributed by atoms with Crippen molar-refractivity contribution in [2.24, 2.45) is 0 Å². The smallest absolute Gasteiger partial charge is 0.300 e. The molecule has 1 aliphatic rings. The molecule has 1 amide bonds. The monoisotopic (exact) mass is 541 g/mol. The summed E-state index contributed by atoms with van der Waals surface area (Å²) in [6.45, 7) is 3.80. The van der Waals surface area contributed by atoms with Crippen LogP contribution in [0.4, 0.5) is 5.69 Å². The fourth-order valence-electron chi connectivity index (χ4n) is 4.58. The zero-order valence-corrected chi connectivity index (χ0v) is 22.4. The highest BCUT2D eigenvalue weighted by atomic mass is 35.5. The Hall–Kier alpha value is -3.68. The Labute approximate surface area is 224 Å². The SMILES string of the molecule is COc1cccc(C2/C(=C(\O)c3cc(Cl)c(OC)c(Cl)c3OC)C(=O)C(=O)N2c2ccc(C)cc2C)c1. The third-order valence-corrected chi connectivity index (χ3v) is 6.88. The Kier molecular flexibility index (Phi) is 7.39.